The minimum Gasteiger partial charge on any atom is -0.337 e. The molecular formula is C11H13BrCl2N2O. The van der Waals surface area contributed by atoms with Crippen molar-refractivity contribution >= 4 is 45.8 Å². The van der Waals surface area contributed by atoms with Gasteiger partial charge in [-0.05, 0) is 24.6 Å². The van der Waals surface area contributed by atoms with Gasteiger partial charge in [0, 0.05) is 23.6 Å². The molecule has 0 radical (unpaired) electrons. The maximum Gasteiger partial charge on any atom is 0.255 e. The second-order valence-corrected chi connectivity index (χ2v) is 5.25. The maximum atomic E-state index is 12.1. The van der Waals surface area contributed by atoms with E-state index in [4.69, 9.17) is 17.3 Å². The van der Waals surface area contributed by atoms with Crippen LogP contribution in [0.25, 0.3) is 0 Å². The van der Waals surface area contributed by atoms with Crippen LogP contribution in [0, 0.1) is 0 Å². The van der Waals surface area contributed by atoms with Gasteiger partial charge in [-0.15, -0.1) is 12.4 Å². The molecule has 1 amide bonds. The number of halogens is 3. The third kappa shape index (κ3) is 3.35. The molecule has 1 saturated heterocycles. The minimum absolute atomic E-state index is 0. The zero-order valence-corrected chi connectivity index (χ0v) is 12.2. The van der Waals surface area contributed by atoms with Gasteiger partial charge >= 0.3 is 0 Å². The Hall–Kier alpha value is -0.290. The molecule has 1 aliphatic heterocycles. The van der Waals surface area contributed by atoms with Crippen LogP contribution in [0.3, 0.4) is 0 Å². The summed E-state index contributed by atoms with van der Waals surface area (Å²) in [6, 6.07) is 5.37. The summed E-state index contributed by atoms with van der Waals surface area (Å²) in [6.45, 7) is 1.32. The van der Waals surface area contributed by atoms with Gasteiger partial charge in [0.1, 0.15) is 0 Å². The number of carbonyl (C=O) groups is 1. The van der Waals surface area contributed by atoms with Gasteiger partial charge in [0.25, 0.3) is 5.91 Å². The predicted octanol–water partition coefficient (Wildman–Crippen LogP) is 2.70. The van der Waals surface area contributed by atoms with Crippen LogP contribution in [0.15, 0.2) is 22.7 Å². The van der Waals surface area contributed by atoms with Gasteiger partial charge < -0.3 is 10.6 Å². The van der Waals surface area contributed by atoms with Gasteiger partial charge in [-0.3, -0.25) is 4.79 Å². The highest BCUT2D eigenvalue weighted by Crippen LogP contribution is 2.23. The van der Waals surface area contributed by atoms with Crippen LogP contribution in [-0.4, -0.2) is 29.9 Å². The molecule has 0 aliphatic carbocycles. The van der Waals surface area contributed by atoms with Crippen molar-refractivity contribution in [3.8, 4) is 0 Å². The molecular weight excluding hydrogens is 327 g/mol. The van der Waals surface area contributed by atoms with Gasteiger partial charge in [-0.2, -0.15) is 0 Å². The standard InChI is InChI=1S/C11H12BrClN2O.ClH/c12-7-1-2-10(13)9(5-7)11(16)15-4-3-8(14)6-15;/h1-2,5,8H,3-4,6,14H2;1H/t8-;/m0./s1. The van der Waals surface area contributed by atoms with Crippen molar-refractivity contribution in [3.05, 3.63) is 33.3 Å². The molecule has 1 aromatic rings. The van der Waals surface area contributed by atoms with E-state index in [1.54, 1.807) is 17.0 Å². The normalized spacial score (nSPS) is 19.0. The van der Waals surface area contributed by atoms with Crippen LogP contribution in [0.1, 0.15) is 16.8 Å². The number of hydrogen-bond acceptors (Lipinski definition) is 2. The molecule has 0 spiro atoms. The van der Waals surface area contributed by atoms with Crippen molar-refractivity contribution in [1.29, 1.82) is 0 Å². The van der Waals surface area contributed by atoms with Crippen molar-refractivity contribution < 1.29 is 4.79 Å². The van der Waals surface area contributed by atoms with Gasteiger partial charge in [0.2, 0.25) is 0 Å². The quantitative estimate of drug-likeness (QED) is 0.855. The van der Waals surface area contributed by atoms with Crippen molar-refractivity contribution in [3.63, 3.8) is 0 Å². The Morgan fingerprint density at radius 2 is 2.24 bits per heavy atom. The van der Waals surface area contributed by atoms with Crippen molar-refractivity contribution in [1.82, 2.24) is 4.90 Å². The van der Waals surface area contributed by atoms with Crippen molar-refractivity contribution in [2.75, 3.05) is 13.1 Å². The smallest absolute Gasteiger partial charge is 0.255 e. The highest BCUT2D eigenvalue weighted by Gasteiger charge is 2.25. The van der Waals surface area contributed by atoms with E-state index in [1.165, 1.54) is 0 Å². The van der Waals surface area contributed by atoms with Gasteiger partial charge in [-0.1, -0.05) is 27.5 Å². The van der Waals surface area contributed by atoms with Gasteiger partial charge in [0.05, 0.1) is 10.6 Å². The monoisotopic (exact) mass is 338 g/mol. The summed E-state index contributed by atoms with van der Waals surface area (Å²) >= 11 is 9.34. The summed E-state index contributed by atoms with van der Waals surface area (Å²) < 4.78 is 0.851. The molecule has 1 heterocycles. The van der Waals surface area contributed by atoms with Crippen molar-refractivity contribution in [2.24, 2.45) is 5.73 Å². The third-order valence-electron chi connectivity index (χ3n) is 2.67. The zero-order chi connectivity index (χ0) is 11.7. The molecule has 1 aromatic carbocycles. The van der Waals surface area contributed by atoms with E-state index in [2.05, 4.69) is 15.9 Å². The summed E-state index contributed by atoms with van der Waals surface area (Å²) in [5, 5.41) is 0.480. The summed E-state index contributed by atoms with van der Waals surface area (Å²) in [6.07, 6.45) is 0.858. The van der Waals surface area contributed by atoms with Gasteiger partial charge in [-0.25, -0.2) is 0 Å². The Labute approximate surface area is 120 Å². The summed E-state index contributed by atoms with van der Waals surface area (Å²) in [5.74, 6) is -0.0424. The molecule has 2 N–H and O–H groups in total. The first-order valence-corrected chi connectivity index (χ1v) is 6.25. The van der Waals surface area contributed by atoms with E-state index in [-0.39, 0.29) is 24.4 Å². The number of carbonyl (C=O) groups excluding carboxylic acids is 1. The minimum atomic E-state index is -0.0424. The van der Waals surface area contributed by atoms with E-state index < -0.39 is 0 Å². The van der Waals surface area contributed by atoms with Crippen LogP contribution in [0.4, 0.5) is 0 Å². The fourth-order valence-electron chi connectivity index (χ4n) is 1.80. The molecule has 6 heteroatoms. The van der Waals surface area contributed by atoms with Crippen LogP contribution in [0.2, 0.25) is 5.02 Å². The second kappa shape index (κ2) is 6.05. The molecule has 1 aliphatic rings. The highest BCUT2D eigenvalue weighted by atomic mass is 79.9. The van der Waals surface area contributed by atoms with Crippen molar-refractivity contribution in [2.45, 2.75) is 12.5 Å². The zero-order valence-electron chi connectivity index (χ0n) is 9.03. The lowest BCUT2D eigenvalue weighted by Gasteiger charge is -2.16. The van der Waals surface area contributed by atoms with E-state index in [0.29, 0.717) is 23.7 Å². The van der Waals surface area contributed by atoms with Crippen LogP contribution in [0.5, 0.6) is 0 Å². The third-order valence-corrected chi connectivity index (χ3v) is 3.49. The average molecular weight is 340 g/mol. The molecule has 1 atom stereocenters. The lowest BCUT2D eigenvalue weighted by atomic mass is 10.2. The van der Waals surface area contributed by atoms with Crippen LogP contribution >= 0.6 is 39.9 Å². The summed E-state index contributed by atoms with van der Waals surface area (Å²) in [5.41, 5.74) is 6.31. The molecule has 1 fully saturated rings. The molecule has 0 unspecified atom stereocenters. The average Bonchev–Trinajstić information content (AvgIpc) is 2.67. The van der Waals surface area contributed by atoms with Crippen LogP contribution < -0.4 is 5.73 Å². The summed E-state index contributed by atoms with van der Waals surface area (Å²) in [4.78, 5) is 13.9. The summed E-state index contributed by atoms with van der Waals surface area (Å²) in [7, 11) is 0. The number of rotatable bonds is 1. The first kappa shape index (κ1) is 14.8. The SMILES string of the molecule is Cl.N[C@H]1CCN(C(=O)c2cc(Br)ccc2Cl)C1. The van der Waals surface area contributed by atoms with E-state index in [1.807, 2.05) is 6.07 Å². The van der Waals surface area contributed by atoms with Gasteiger partial charge in [0.15, 0.2) is 0 Å². The Morgan fingerprint density at radius 1 is 1.53 bits per heavy atom. The molecule has 0 bridgehead atoms. The number of nitrogens with two attached hydrogens (primary N) is 1. The lowest BCUT2D eigenvalue weighted by Crippen LogP contribution is -2.32. The molecule has 17 heavy (non-hydrogen) atoms. The number of likely N-dealkylation sites (tertiary alicyclic amines) is 1. The van der Waals surface area contributed by atoms with E-state index >= 15 is 0 Å². The largest absolute Gasteiger partial charge is 0.337 e. The Kier molecular flexibility index (Phi) is 5.25. The first-order valence-electron chi connectivity index (χ1n) is 5.08. The molecule has 94 valence electrons. The Balaban J connectivity index is 0.00000144. The lowest BCUT2D eigenvalue weighted by molar-refractivity contribution is 0.0791. The molecule has 2 rings (SSSR count). The fourth-order valence-corrected chi connectivity index (χ4v) is 2.36. The number of benzene rings is 1. The molecule has 0 saturated carbocycles. The maximum absolute atomic E-state index is 12.1. The van der Waals surface area contributed by atoms with Crippen LogP contribution in [-0.2, 0) is 0 Å². The highest BCUT2D eigenvalue weighted by molar-refractivity contribution is 9.10. The van der Waals surface area contributed by atoms with E-state index in [0.717, 1.165) is 10.9 Å². The Morgan fingerprint density at radius 3 is 2.82 bits per heavy atom. The molecule has 3 nitrogen and oxygen atoms in total. The number of nitrogens with zero attached hydrogens (tertiary/aromatic N) is 1. The Bertz CT molecular complexity index is 428. The number of amides is 1. The first-order chi connectivity index (χ1) is 7.58. The predicted molar refractivity (Wildman–Crippen MR) is 74.9 cm³/mol. The molecule has 0 aromatic heterocycles. The fraction of sp³-hybridized carbons (Fsp3) is 0.364. The van der Waals surface area contributed by atoms with E-state index in [9.17, 15) is 4.79 Å². The number of hydrogen-bond donors (Lipinski definition) is 1. The topological polar surface area (TPSA) is 46.3 Å². The second-order valence-electron chi connectivity index (χ2n) is 3.92.